The van der Waals surface area contributed by atoms with E-state index in [0.717, 1.165) is 0 Å². The number of hydrogen-bond donors (Lipinski definition) is 1. The molecule has 0 aliphatic heterocycles. The summed E-state index contributed by atoms with van der Waals surface area (Å²) >= 11 is 0. The minimum Gasteiger partial charge on any atom is -0.465 e. The third-order valence-corrected chi connectivity index (χ3v) is 3.67. The van der Waals surface area contributed by atoms with Crippen molar-refractivity contribution in [2.75, 3.05) is 12.4 Å². The van der Waals surface area contributed by atoms with Gasteiger partial charge in [0.15, 0.2) is 6.10 Å². The van der Waals surface area contributed by atoms with Crippen LogP contribution in [0.15, 0.2) is 54.6 Å². The van der Waals surface area contributed by atoms with E-state index in [1.54, 1.807) is 42.5 Å². The van der Waals surface area contributed by atoms with Gasteiger partial charge in [-0.3, -0.25) is 4.79 Å². The number of ether oxygens (including phenoxy) is 2. The maximum absolute atomic E-state index is 12.1. The van der Waals surface area contributed by atoms with Crippen LogP contribution in [0.25, 0.3) is 6.08 Å². The summed E-state index contributed by atoms with van der Waals surface area (Å²) in [5.74, 6) is -1.65. The lowest BCUT2D eigenvalue weighted by Crippen LogP contribution is -2.29. The van der Waals surface area contributed by atoms with Crippen molar-refractivity contribution in [3.05, 3.63) is 71.3 Å². The van der Waals surface area contributed by atoms with Gasteiger partial charge in [0.2, 0.25) is 0 Å². The number of carbonyl (C=O) groups excluding carboxylic acids is 3. The molecule has 0 heterocycles. The second-order valence-corrected chi connectivity index (χ2v) is 5.71. The Morgan fingerprint density at radius 2 is 1.86 bits per heavy atom. The van der Waals surface area contributed by atoms with Crippen molar-refractivity contribution in [1.29, 1.82) is 5.26 Å². The molecule has 1 amide bonds. The summed E-state index contributed by atoms with van der Waals surface area (Å²) in [6.45, 7) is 1.44. The number of rotatable bonds is 6. The van der Waals surface area contributed by atoms with E-state index in [4.69, 9.17) is 10.00 Å². The van der Waals surface area contributed by atoms with Gasteiger partial charge < -0.3 is 14.8 Å². The van der Waals surface area contributed by atoms with Gasteiger partial charge in [-0.15, -0.1) is 0 Å². The Balaban J connectivity index is 1.90. The highest BCUT2D eigenvalue weighted by Crippen LogP contribution is 2.11. The normalized spacial score (nSPS) is 11.3. The van der Waals surface area contributed by atoms with Gasteiger partial charge in [0.1, 0.15) is 0 Å². The molecule has 7 heteroatoms. The Morgan fingerprint density at radius 1 is 1.14 bits per heavy atom. The van der Waals surface area contributed by atoms with Gasteiger partial charge in [-0.1, -0.05) is 18.2 Å². The molecule has 7 nitrogen and oxygen atoms in total. The molecule has 0 saturated carbocycles. The van der Waals surface area contributed by atoms with Crippen molar-refractivity contribution < 1.29 is 23.9 Å². The molecular formula is C21H18N2O5. The second-order valence-electron chi connectivity index (χ2n) is 5.71. The predicted molar refractivity (Wildman–Crippen MR) is 102 cm³/mol. The van der Waals surface area contributed by atoms with E-state index in [1.165, 1.54) is 32.3 Å². The molecular weight excluding hydrogens is 360 g/mol. The summed E-state index contributed by atoms with van der Waals surface area (Å²) in [6, 6.07) is 14.8. The van der Waals surface area contributed by atoms with Crippen LogP contribution in [-0.4, -0.2) is 31.1 Å². The number of nitrogens with one attached hydrogen (secondary N) is 1. The zero-order valence-corrected chi connectivity index (χ0v) is 15.3. The molecule has 0 saturated heterocycles. The lowest BCUT2D eigenvalue weighted by molar-refractivity contribution is -0.148. The Bertz CT molecular complexity index is 942. The van der Waals surface area contributed by atoms with E-state index in [1.807, 2.05) is 6.07 Å². The maximum atomic E-state index is 12.1. The fourth-order valence-corrected chi connectivity index (χ4v) is 2.19. The highest BCUT2D eigenvalue weighted by atomic mass is 16.5. The number of carbonyl (C=O) groups is 3. The number of nitrogens with zero attached hydrogens (tertiary/aromatic N) is 1. The molecule has 28 heavy (non-hydrogen) atoms. The van der Waals surface area contributed by atoms with E-state index in [9.17, 15) is 14.4 Å². The largest absolute Gasteiger partial charge is 0.465 e. The fraction of sp³-hybridized carbons (Fsp3) is 0.143. The lowest BCUT2D eigenvalue weighted by atomic mass is 10.1. The minimum atomic E-state index is -1.02. The van der Waals surface area contributed by atoms with Crippen molar-refractivity contribution in [2.24, 2.45) is 0 Å². The smallest absolute Gasteiger partial charge is 0.337 e. The van der Waals surface area contributed by atoms with Crippen LogP contribution in [0.5, 0.6) is 0 Å². The lowest BCUT2D eigenvalue weighted by Gasteiger charge is -2.12. The molecule has 0 aliphatic rings. The van der Waals surface area contributed by atoms with E-state index < -0.39 is 23.9 Å². The van der Waals surface area contributed by atoms with E-state index in [-0.39, 0.29) is 0 Å². The molecule has 0 aromatic heterocycles. The number of amides is 1. The van der Waals surface area contributed by atoms with Crippen molar-refractivity contribution in [3.63, 3.8) is 0 Å². The Kier molecular flexibility index (Phi) is 7.06. The van der Waals surface area contributed by atoms with Crippen molar-refractivity contribution in [2.45, 2.75) is 13.0 Å². The quantitative estimate of drug-likeness (QED) is 0.612. The third-order valence-electron chi connectivity index (χ3n) is 3.67. The van der Waals surface area contributed by atoms with E-state index in [0.29, 0.717) is 22.4 Å². The van der Waals surface area contributed by atoms with Gasteiger partial charge in [-0.25, -0.2) is 9.59 Å². The molecule has 1 N–H and O–H groups in total. The van der Waals surface area contributed by atoms with Crippen LogP contribution in [0, 0.1) is 11.3 Å². The summed E-state index contributed by atoms with van der Waals surface area (Å²) in [5, 5.41) is 11.5. The molecule has 0 spiro atoms. The Hall–Kier alpha value is -3.92. The van der Waals surface area contributed by atoms with Crippen LogP contribution in [-0.2, 0) is 19.1 Å². The van der Waals surface area contributed by atoms with Crippen LogP contribution in [0.3, 0.4) is 0 Å². The van der Waals surface area contributed by atoms with Gasteiger partial charge in [-0.05, 0) is 48.9 Å². The second kappa shape index (κ2) is 9.69. The molecule has 0 bridgehead atoms. The van der Waals surface area contributed by atoms with Gasteiger partial charge in [0.05, 0.1) is 24.3 Å². The van der Waals surface area contributed by atoms with Gasteiger partial charge >= 0.3 is 11.9 Å². The first-order valence-corrected chi connectivity index (χ1v) is 8.31. The molecule has 142 valence electrons. The van der Waals surface area contributed by atoms with Gasteiger partial charge in [-0.2, -0.15) is 5.26 Å². The summed E-state index contributed by atoms with van der Waals surface area (Å²) < 4.78 is 9.68. The standard InChI is InChI=1S/C21H18N2O5/c1-14(20(25)23-18-5-3-4-16(12-18)13-22)28-19(24)11-8-15-6-9-17(10-7-15)21(26)27-2/h3-12,14H,1-2H3,(H,23,25)/b11-8+/t14-/m0/s1. The zero-order valence-electron chi connectivity index (χ0n) is 15.3. The fourth-order valence-electron chi connectivity index (χ4n) is 2.19. The molecule has 1 atom stereocenters. The van der Waals surface area contributed by atoms with Crippen LogP contribution in [0.4, 0.5) is 5.69 Å². The molecule has 0 fully saturated rings. The minimum absolute atomic E-state index is 0.396. The SMILES string of the molecule is COC(=O)c1ccc(/C=C/C(=O)O[C@@H](C)C(=O)Nc2cccc(C#N)c2)cc1. The van der Waals surface area contributed by atoms with E-state index in [2.05, 4.69) is 10.1 Å². The molecule has 0 unspecified atom stereocenters. The number of esters is 2. The molecule has 2 aromatic rings. The summed E-state index contributed by atoms with van der Waals surface area (Å²) in [7, 11) is 1.30. The monoisotopic (exact) mass is 378 g/mol. The number of nitriles is 1. The third kappa shape index (κ3) is 5.81. The Labute approximate surface area is 162 Å². The van der Waals surface area contributed by atoms with Crippen LogP contribution < -0.4 is 5.32 Å². The Morgan fingerprint density at radius 3 is 2.50 bits per heavy atom. The molecule has 0 aliphatic carbocycles. The van der Waals surface area contributed by atoms with E-state index >= 15 is 0 Å². The van der Waals surface area contributed by atoms with Gasteiger partial charge in [0.25, 0.3) is 5.91 Å². The first-order chi connectivity index (χ1) is 13.4. The number of hydrogen-bond acceptors (Lipinski definition) is 6. The van der Waals surface area contributed by atoms with Crippen LogP contribution in [0.2, 0.25) is 0 Å². The number of benzene rings is 2. The first kappa shape index (κ1) is 20.4. The number of methoxy groups -OCH3 is 1. The molecule has 2 rings (SSSR count). The average Bonchev–Trinajstić information content (AvgIpc) is 2.72. The van der Waals surface area contributed by atoms with Crippen molar-refractivity contribution >= 4 is 29.6 Å². The summed E-state index contributed by atoms with van der Waals surface area (Å²) in [4.78, 5) is 35.4. The topological polar surface area (TPSA) is 105 Å². The van der Waals surface area contributed by atoms with Crippen LogP contribution in [0.1, 0.15) is 28.4 Å². The predicted octanol–water partition coefficient (Wildman–Crippen LogP) is 2.93. The van der Waals surface area contributed by atoms with Crippen molar-refractivity contribution in [1.82, 2.24) is 0 Å². The highest BCUT2D eigenvalue weighted by Gasteiger charge is 2.16. The van der Waals surface area contributed by atoms with Gasteiger partial charge in [0, 0.05) is 11.8 Å². The zero-order chi connectivity index (χ0) is 20.5. The van der Waals surface area contributed by atoms with Crippen molar-refractivity contribution in [3.8, 4) is 6.07 Å². The summed E-state index contributed by atoms with van der Waals surface area (Å²) in [5.41, 5.74) is 1.92. The van der Waals surface area contributed by atoms with Crippen LogP contribution >= 0.6 is 0 Å². The molecule has 2 aromatic carbocycles. The average molecular weight is 378 g/mol. The highest BCUT2D eigenvalue weighted by molar-refractivity contribution is 5.96. The maximum Gasteiger partial charge on any atom is 0.337 e. The molecule has 0 radical (unpaired) electrons. The first-order valence-electron chi connectivity index (χ1n) is 8.31. The summed E-state index contributed by atoms with van der Waals surface area (Å²) in [6.07, 6.45) is 1.67. The number of anilines is 1.